The van der Waals surface area contributed by atoms with Crippen molar-refractivity contribution in [2.45, 2.75) is 33.4 Å². The fraction of sp³-hybridized carbons (Fsp3) is 0.217. The molecule has 0 spiro atoms. The van der Waals surface area contributed by atoms with E-state index in [1.807, 2.05) is 24.3 Å². The zero-order chi connectivity index (χ0) is 21.1. The van der Waals surface area contributed by atoms with E-state index in [4.69, 9.17) is 0 Å². The van der Waals surface area contributed by atoms with Gasteiger partial charge in [0.1, 0.15) is 5.52 Å². The Hall–Kier alpha value is -3.74. The van der Waals surface area contributed by atoms with E-state index in [0.29, 0.717) is 18.6 Å². The summed E-state index contributed by atoms with van der Waals surface area (Å²) >= 11 is 0. The molecule has 0 aliphatic rings. The number of hydrogen-bond donors (Lipinski definition) is 1. The van der Waals surface area contributed by atoms with Crippen molar-refractivity contribution < 1.29 is 4.79 Å². The molecule has 30 heavy (non-hydrogen) atoms. The third kappa shape index (κ3) is 4.15. The second-order valence-corrected chi connectivity index (χ2v) is 7.30. The van der Waals surface area contributed by atoms with Crippen LogP contribution in [0.25, 0.3) is 16.8 Å². The van der Waals surface area contributed by atoms with Gasteiger partial charge in [0, 0.05) is 37.1 Å². The minimum absolute atomic E-state index is 0.128. The van der Waals surface area contributed by atoms with Gasteiger partial charge in [-0.3, -0.25) is 14.6 Å². The van der Waals surface area contributed by atoms with Crippen molar-refractivity contribution in [2.24, 2.45) is 0 Å². The van der Waals surface area contributed by atoms with Gasteiger partial charge in [0.05, 0.1) is 17.9 Å². The summed E-state index contributed by atoms with van der Waals surface area (Å²) in [6.45, 7) is 4.79. The molecule has 3 aromatic heterocycles. The van der Waals surface area contributed by atoms with Gasteiger partial charge in [-0.2, -0.15) is 5.10 Å². The first-order valence-electron chi connectivity index (χ1n) is 9.84. The first-order chi connectivity index (χ1) is 14.5. The number of aryl methyl sites for hydroxylation is 3. The van der Waals surface area contributed by atoms with Crippen LogP contribution in [0.4, 0.5) is 0 Å². The Labute approximate surface area is 174 Å². The van der Waals surface area contributed by atoms with E-state index < -0.39 is 0 Å². The molecule has 1 amide bonds. The molecule has 0 fully saturated rings. The monoisotopic (exact) mass is 401 g/mol. The van der Waals surface area contributed by atoms with Crippen LogP contribution in [0.1, 0.15) is 23.2 Å². The molecular weight excluding hydrogens is 378 g/mol. The molecule has 152 valence electrons. The Kier molecular flexibility index (Phi) is 5.43. The van der Waals surface area contributed by atoms with Gasteiger partial charge in [-0.05, 0) is 49.2 Å². The molecule has 0 atom stereocenters. The molecule has 0 radical (unpaired) electrons. The second-order valence-electron chi connectivity index (χ2n) is 7.30. The summed E-state index contributed by atoms with van der Waals surface area (Å²) in [5.41, 5.74) is 5.23. The number of aromatic nitrogens is 4. The number of hydrogen-bond acceptors (Lipinski definition) is 4. The van der Waals surface area contributed by atoms with E-state index in [0.717, 1.165) is 17.0 Å². The zero-order valence-electron chi connectivity index (χ0n) is 17.0. The Morgan fingerprint density at radius 1 is 1.07 bits per heavy atom. The quantitative estimate of drug-likeness (QED) is 0.539. The highest BCUT2D eigenvalue weighted by Crippen LogP contribution is 2.21. The lowest BCUT2D eigenvalue weighted by molar-refractivity contribution is -0.121. The molecule has 3 heterocycles. The van der Waals surface area contributed by atoms with Gasteiger partial charge in [-0.25, -0.2) is 4.52 Å². The van der Waals surface area contributed by atoms with Crippen LogP contribution in [-0.2, 0) is 17.9 Å². The average Bonchev–Trinajstić information content (AvgIpc) is 3.20. The topological polar surface area (TPSA) is 81.3 Å². The highest BCUT2D eigenvalue weighted by Gasteiger charge is 2.11. The number of carbonyl (C=O) groups is 1. The van der Waals surface area contributed by atoms with E-state index in [2.05, 4.69) is 41.4 Å². The van der Waals surface area contributed by atoms with Crippen molar-refractivity contribution >= 4 is 11.4 Å². The maximum absolute atomic E-state index is 12.8. The largest absolute Gasteiger partial charge is 0.350 e. The van der Waals surface area contributed by atoms with Crippen LogP contribution in [0.5, 0.6) is 0 Å². The fourth-order valence-corrected chi connectivity index (χ4v) is 3.25. The number of nitrogens with one attached hydrogen (secondary N) is 1. The first-order valence-corrected chi connectivity index (χ1v) is 9.84. The van der Waals surface area contributed by atoms with Gasteiger partial charge < -0.3 is 9.88 Å². The number of benzene rings is 1. The molecule has 0 aliphatic carbocycles. The predicted octanol–water partition coefficient (Wildman–Crippen LogP) is 2.88. The average molecular weight is 401 g/mol. The van der Waals surface area contributed by atoms with Crippen LogP contribution in [0.15, 0.2) is 65.8 Å². The normalized spacial score (nSPS) is 11.0. The summed E-state index contributed by atoms with van der Waals surface area (Å²) in [7, 11) is 0. The number of amides is 1. The molecule has 4 rings (SSSR count). The first kappa shape index (κ1) is 19.6. The summed E-state index contributed by atoms with van der Waals surface area (Å²) in [6.07, 6.45) is 5.31. The third-order valence-corrected chi connectivity index (χ3v) is 5.18. The molecule has 0 bridgehead atoms. The number of nitrogens with zero attached hydrogens (tertiary/aromatic N) is 4. The van der Waals surface area contributed by atoms with Crippen molar-refractivity contribution in [3.8, 4) is 11.3 Å². The fourth-order valence-electron chi connectivity index (χ4n) is 3.25. The van der Waals surface area contributed by atoms with Crippen molar-refractivity contribution in [3.63, 3.8) is 0 Å². The van der Waals surface area contributed by atoms with Gasteiger partial charge in [0.15, 0.2) is 0 Å². The van der Waals surface area contributed by atoms with Crippen LogP contribution >= 0.6 is 0 Å². The SMILES string of the molecule is Cc1ccc(-c2cc3c(=O)n(CCC(=O)NCc4ccccn4)ccn3n2)cc1C. The van der Waals surface area contributed by atoms with Crippen LogP contribution in [0, 0.1) is 13.8 Å². The highest BCUT2D eigenvalue weighted by molar-refractivity contribution is 5.75. The van der Waals surface area contributed by atoms with Crippen LogP contribution in [-0.4, -0.2) is 25.1 Å². The number of pyridine rings is 1. The zero-order valence-corrected chi connectivity index (χ0v) is 17.0. The van der Waals surface area contributed by atoms with Gasteiger partial charge in [-0.1, -0.05) is 18.2 Å². The van der Waals surface area contributed by atoms with E-state index in [9.17, 15) is 9.59 Å². The maximum Gasteiger partial charge on any atom is 0.276 e. The molecule has 0 saturated carbocycles. The standard InChI is InChI=1S/C23H23N5O2/c1-16-6-7-18(13-17(16)2)20-14-21-23(30)27(11-12-28(21)26-20)10-8-22(29)25-15-19-5-3-4-9-24-19/h3-7,9,11-14H,8,10,15H2,1-2H3,(H,25,29). The van der Waals surface area contributed by atoms with E-state index in [-0.39, 0.29) is 17.9 Å². The second kappa shape index (κ2) is 8.32. The molecule has 7 heteroatoms. The van der Waals surface area contributed by atoms with Gasteiger partial charge in [0.25, 0.3) is 5.56 Å². The summed E-state index contributed by atoms with van der Waals surface area (Å²) in [6, 6.07) is 13.5. The molecule has 4 aromatic rings. The lowest BCUT2D eigenvalue weighted by atomic mass is 10.0. The molecule has 0 aliphatic heterocycles. The van der Waals surface area contributed by atoms with Gasteiger partial charge in [-0.15, -0.1) is 0 Å². The third-order valence-electron chi connectivity index (χ3n) is 5.18. The Balaban J connectivity index is 1.47. The summed E-state index contributed by atoms with van der Waals surface area (Å²) < 4.78 is 3.13. The van der Waals surface area contributed by atoms with Crippen LogP contribution in [0.2, 0.25) is 0 Å². The summed E-state index contributed by atoms with van der Waals surface area (Å²) in [5, 5.41) is 7.36. The van der Waals surface area contributed by atoms with Crippen molar-refractivity contribution in [1.29, 1.82) is 0 Å². The van der Waals surface area contributed by atoms with E-state index >= 15 is 0 Å². The van der Waals surface area contributed by atoms with E-state index in [1.54, 1.807) is 33.7 Å². The molecule has 1 aromatic carbocycles. The minimum atomic E-state index is -0.169. The Morgan fingerprint density at radius 3 is 2.70 bits per heavy atom. The Morgan fingerprint density at radius 2 is 1.93 bits per heavy atom. The maximum atomic E-state index is 12.8. The molecular formula is C23H23N5O2. The van der Waals surface area contributed by atoms with Crippen molar-refractivity contribution in [2.75, 3.05) is 0 Å². The summed E-state index contributed by atoms with van der Waals surface area (Å²) in [5.74, 6) is -0.128. The van der Waals surface area contributed by atoms with Crippen molar-refractivity contribution in [3.05, 3.63) is 88.2 Å². The number of fused-ring (bicyclic) bond motifs is 1. The Bertz CT molecular complexity index is 1260. The van der Waals surface area contributed by atoms with Gasteiger partial charge >= 0.3 is 0 Å². The van der Waals surface area contributed by atoms with Crippen molar-refractivity contribution in [1.82, 2.24) is 24.5 Å². The summed E-state index contributed by atoms with van der Waals surface area (Å²) in [4.78, 5) is 29.2. The number of carbonyl (C=O) groups excluding carboxylic acids is 1. The predicted molar refractivity (Wildman–Crippen MR) is 115 cm³/mol. The molecule has 0 saturated heterocycles. The minimum Gasteiger partial charge on any atom is -0.350 e. The number of rotatable bonds is 6. The van der Waals surface area contributed by atoms with Crippen LogP contribution in [0.3, 0.4) is 0 Å². The molecule has 7 nitrogen and oxygen atoms in total. The molecule has 1 N–H and O–H groups in total. The smallest absolute Gasteiger partial charge is 0.276 e. The lowest BCUT2D eigenvalue weighted by Crippen LogP contribution is -2.27. The molecule has 0 unspecified atom stereocenters. The van der Waals surface area contributed by atoms with E-state index in [1.165, 1.54) is 11.1 Å². The lowest BCUT2D eigenvalue weighted by Gasteiger charge is -2.07. The van der Waals surface area contributed by atoms with Crippen LogP contribution < -0.4 is 10.9 Å². The van der Waals surface area contributed by atoms with Gasteiger partial charge in [0.2, 0.25) is 5.91 Å². The highest BCUT2D eigenvalue weighted by atomic mass is 16.2.